The molecule has 6 heteroatoms. The predicted molar refractivity (Wildman–Crippen MR) is 166 cm³/mol. The van der Waals surface area contributed by atoms with Crippen LogP contribution >= 0.6 is 31.9 Å². The monoisotopic (exact) mass is 642 g/mol. The van der Waals surface area contributed by atoms with Crippen molar-refractivity contribution in [2.45, 2.75) is 79.1 Å². The highest BCUT2D eigenvalue weighted by Gasteiger charge is 2.42. The molecule has 0 saturated carbocycles. The molecule has 4 nitrogen and oxygen atoms in total. The molecule has 0 aromatic heterocycles. The van der Waals surface area contributed by atoms with E-state index in [9.17, 15) is 9.59 Å². The zero-order valence-electron chi connectivity index (χ0n) is 23.2. The highest BCUT2D eigenvalue weighted by molar-refractivity contribution is 9.10. The third-order valence-corrected chi connectivity index (χ3v) is 9.16. The van der Waals surface area contributed by atoms with Crippen LogP contribution in [0.15, 0.2) is 45.3 Å². The van der Waals surface area contributed by atoms with Gasteiger partial charge >= 0.3 is 0 Å². The van der Waals surface area contributed by atoms with Crippen molar-refractivity contribution in [2.24, 2.45) is 11.8 Å². The van der Waals surface area contributed by atoms with Gasteiger partial charge in [-0.25, -0.2) is 0 Å². The molecule has 0 spiro atoms. The number of unbranched alkanes of at least 4 members (excludes halogenated alkanes) is 2. The first-order valence-electron chi connectivity index (χ1n) is 14.3. The van der Waals surface area contributed by atoms with Crippen LogP contribution in [0.4, 0.5) is 11.4 Å². The molecule has 0 N–H and O–H groups in total. The fraction of sp³-hybridized carbons (Fsp3) is 0.500. The van der Waals surface area contributed by atoms with E-state index in [1.165, 1.54) is 0 Å². The molecule has 38 heavy (non-hydrogen) atoms. The van der Waals surface area contributed by atoms with Crippen LogP contribution in [-0.2, 0) is 9.59 Å². The van der Waals surface area contributed by atoms with Crippen LogP contribution in [0, 0.1) is 11.8 Å². The number of amides is 2. The Bertz CT molecular complexity index is 1130. The van der Waals surface area contributed by atoms with Crippen LogP contribution in [-0.4, -0.2) is 24.9 Å². The Hall–Kier alpha value is -1.92. The fourth-order valence-electron chi connectivity index (χ4n) is 5.79. The predicted octanol–water partition coefficient (Wildman–Crippen LogP) is 9.25. The molecule has 2 heterocycles. The van der Waals surface area contributed by atoms with Gasteiger partial charge in [0.15, 0.2) is 0 Å². The molecular weight excluding hydrogens is 604 g/mol. The van der Waals surface area contributed by atoms with E-state index >= 15 is 0 Å². The van der Waals surface area contributed by atoms with Crippen molar-refractivity contribution >= 4 is 66.2 Å². The molecule has 2 aromatic rings. The summed E-state index contributed by atoms with van der Waals surface area (Å²) in [5.74, 6) is 0.756. The molecule has 2 amide bonds. The summed E-state index contributed by atoms with van der Waals surface area (Å²) in [4.78, 5) is 32.3. The molecule has 204 valence electrons. The minimum Gasteiger partial charge on any atom is -0.307 e. The number of carbonyl (C=O) groups is 2. The SMILES string of the molecule is CCCC[C@@H](CC)CN1C(=O)/C(=C2\C(=O)N(C[C@H](CC)CCCC)c3cc(Br)ccc32)c2ccc(Br)cc21. The van der Waals surface area contributed by atoms with Crippen LogP contribution in [0.3, 0.4) is 0 Å². The topological polar surface area (TPSA) is 40.6 Å². The molecule has 0 bridgehead atoms. The average Bonchev–Trinajstić information content (AvgIpc) is 3.32. The number of benzene rings is 2. The van der Waals surface area contributed by atoms with Crippen LogP contribution in [0.25, 0.3) is 11.1 Å². The van der Waals surface area contributed by atoms with Crippen molar-refractivity contribution < 1.29 is 9.59 Å². The normalized spacial score (nSPS) is 18.3. The first-order chi connectivity index (χ1) is 18.3. The van der Waals surface area contributed by atoms with Gasteiger partial charge in [-0.3, -0.25) is 9.59 Å². The lowest BCUT2D eigenvalue weighted by molar-refractivity contribution is -0.114. The molecule has 2 aliphatic heterocycles. The molecule has 0 radical (unpaired) electrons. The van der Waals surface area contributed by atoms with E-state index < -0.39 is 0 Å². The number of hydrogen-bond donors (Lipinski definition) is 0. The molecule has 0 aliphatic carbocycles. The molecule has 0 saturated heterocycles. The second-order valence-corrected chi connectivity index (χ2v) is 12.6. The number of nitrogens with zero attached hydrogens (tertiary/aromatic N) is 2. The van der Waals surface area contributed by atoms with Crippen molar-refractivity contribution in [1.29, 1.82) is 0 Å². The standard InChI is InChI=1S/C32H40Br2N2O2/c1-5-9-11-21(7-3)19-35-27-17-23(33)13-15-25(27)29(31(35)37)30-26-16-14-24(34)18-28(26)36(32(30)38)20-22(8-4)12-10-6-2/h13-18,21-22H,5-12,19-20H2,1-4H3/b30-29-/t21-,22-/m1/s1. The Morgan fingerprint density at radius 3 is 1.39 bits per heavy atom. The molecule has 2 aliphatic rings. The van der Waals surface area contributed by atoms with Gasteiger partial charge in [-0.2, -0.15) is 0 Å². The summed E-state index contributed by atoms with van der Waals surface area (Å²) in [5.41, 5.74) is 4.63. The average molecular weight is 644 g/mol. The van der Waals surface area contributed by atoms with Crippen LogP contribution in [0.1, 0.15) is 90.2 Å². The molecule has 4 rings (SSSR count). The summed E-state index contributed by atoms with van der Waals surface area (Å²) in [6.45, 7) is 10.2. The first kappa shape index (κ1) is 29.1. The maximum absolute atomic E-state index is 14.2. The highest BCUT2D eigenvalue weighted by Crippen LogP contribution is 2.48. The van der Waals surface area contributed by atoms with Gasteiger partial charge in [0.1, 0.15) is 0 Å². The lowest BCUT2D eigenvalue weighted by atomic mass is 9.96. The Kier molecular flexibility index (Phi) is 9.91. The van der Waals surface area contributed by atoms with Gasteiger partial charge in [0.25, 0.3) is 11.8 Å². The van der Waals surface area contributed by atoms with E-state index in [1.807, 2.05) is 46.2 Å². The second kappa shape index (κ2) is 13.0. The minimum atomic E-state index is -0.0508. The van der Waals surface area contributed by atoms with Gasteiger partial charge in [0.05, 0.1) is 22.5 Å². The maximum atomic E-state index is 14.2. The lowest BCUT2D eigenvalue weighted by Crippen LogP contribution is -2.34. The summed E-state index contributed by atoms with van der Waals surface area (Å²) in [6.07, 6.45) is 8.87. The minimum absolute atomic E-state index is 0.0508. The Balaban J connectivity index is 1.81. The van der Waals surface area contributed by atoms with Crippen molar-refractivity contribution in [1.82, 2.24) is 0 Å². The largest absolute Gasteiger partial charge is 0.307 e. The van der Waals surface area contributed by atoms with E-state index in [-0.39, 0.29) is 11.8 Å². The summed E-state index contributed by atoms with van der Waals surface area (Å²) < 4.78 is 1.87. The smallest absolute Gasteiger partial charge is 0.259 e. The van der Waals surface area contributed by atoms with E-state index in [4.69, 9.17) is 0 Å². The van der Waals surface area contributed by atoms with Gasteiger partial charge in [-0.15, -0.1) is 0 Å². The van der Waals surface area contributed by atoms with Crippen molar-refractivity contribution in [2.75, 3.05) is 22.9 Å². The zero-order valence-corrected chi connectivity index (χ0v) is 26.3. The highest BCUT2D eigenvalue weighted by atomic mass is 79.9. The third kappa shape index (κ3) is 5.82. The number of anilines is 2. The number of rotatable bonds is 12. The Morgan fingerprint density at radius 1 is 0.658 bits per heavy atom. The summed E-state index contributed by atoms with van der Waals surface area (Å²) >= 11 is 7.23. The Labute approximate surface area is 245 Å². The van der Waals surface area contributed by atoms with E-state index in [0.29, 0.717) is 36.1 Å². The van der Waals surface area contributed by atoms with Crippen molar-refractivity contribution in [3.8, 4) is 0 Å². The molecule has 2 aromatic carbocycles. The fourth-order valence-corrected chi connectivity index (χ4v) is 6.49. The Morgan fingerprint density at radius 2 is 1.05 bits per heavy atom. The van der Waals surface area contributed by atoms with E-state index in [1.54, 1.807) is 0 Å². The number of hydrogen-bond acceptors (Lipinski definition) is 2. The number of halogens is 2. The van der Waals surface area contributed by atoms with Crippen LogP contribution in [0.2, 0.25) is 0 Å². The van der Waals surface area contributed by atoms with E-state index in [0.717, 1.165) is 82.8 Å². The summed E-state index contributed by atoms with van der Waals surface area (Å²) in [5, 5.41) is 0. The number of fused-ring (bicyclic) bond motifs is 2. The molecule has 0 unspecified atom stereocenters. The zero-order chi connectivity index (χ0) is 27.4. The second-order valence-electron chi connectivity index (χ2n) is 10.7. The van der Waals surface area contributed by atoms with Gasteiger partial charge in [-0.1, -0.05) is 110 Å². The van der Waals surface area contributed by atoms with Gasteiger partial charge in [-0.05, 0) is 48.9 Å². The summed E-state index contributed by atoms with van der Waals surface area (Å²) in [6, 6.07) is 12.0. The molecular formula is C32H40Br2N2O2. The van der Waals surface area contributed by atoms with Gasteiger partial charge < -0.3 is 9.80 Å². The van der Waals surface area contributed by atoms with Gasteiger partial charge in [0.2, 0.25) is 0 Å². The summed E-state index contributed by atoms with van der Waals surface area (Å²) in [7, 11) is 0. The maximum Gasteiger partial charge on any atom is 0.259 e. The quantitative estimate of drug-likeness (QED) is 0.216. The van der Waals surface area contributed by atoms with Crippen LogP contribution in [0.5, 0.6) is 0 Å². The molecule has 2 atom stereocenters. The molecule has 0 fully saturated rings. The van der Waals surface area contributed by atoms with E-state index in [2.05, 4.69) is 59.6 Å². The third-order valence-electron chi connectivity index (χ3n) is 8.18. The first-order valence-corrected chi connectivity index (χ1v) is 15.9. The van der Waals surface area contributed by atoms with Crippen molar-refractivity contribution in [3.05, 3.63) is 56.5 Å². The van der Waals surface area contributed by atoms with Crippen molar-refractivity contribution in [3.63, 3.8) is 0 Å². The van der Waals surface area contributed by atoms with Crippen LogP contribution < -0.4 is 9.80 Å². The van der Waals surface area contributed by atoms with Gasteiger partial charge in [0, 0.05) is 33.2 Å². The lowest BCUT2D eigenvalue weighted by Gasteiger charge is -2.24. The number of carbonyl (C=O) groups excluding carboxylic acids is 2.